The van der Waals surface area contributed by atoms with Gasteiger partial charge < -0.3 is 5.11 Å². The van der Waals surface area contributed by atoms with Crippen LogP contribution in [0.3, 0.4) is 0 Å². The van der Waals surface area contributed by atoms with Crippen LogP contribution in [0.4, 0.5) is 0 Å². The summed E-state index contributed by atoms with van der Waals surface area (Å²) in [6.07, 6.45) is 3.07. The van der Waals surface area contributed by atoms with Gasteiger partial charge in [-0.15, -0.1) is 0 Å². The van der Waals surface area contributed by atoms with Crippen LogP contribution < -0.4 is 0 Å². The van der Waals surface area contributed by atoms with Crippen LogP contribution in [-0.4, -0.2) is 10.1 Å². The smallest absolute Gasteiger partial charge is 0.0853 e. The van der Waals surface area contributed by atoms with Crippen molar-refractivity contribution < 1.29 is 5.11 Å². The molecule has 0 aliphatic rings. The van der Waals surface area contributed by atoms with Gasteiger partial charge in [0.1, 0.15) is 0 Å². The van der Waals surface area contributed by atoms with E-state index in [1.807, 2.05) is 33.8 Å². The monoisotopic (exact) mass is 179 g/mol. The van der Waals surface area contributed by atoms with E-state index in [0.717, 1.165) is 11.1 Å². The van der Waals surface area contributed by atoms with E-state index in [0.29, 0.717) is 0 Å². The summed E-state index contributed by atoms with van der Waals surface area (Å²) >= 11 is 0. The third-order valence-corrected chi connectivity index (χ3v) is 2.03. The van der Waals surface area contributed by atoms with Crippen molar-refractivity contribution in [3.63, 3.8) is 0 Å². The second-order valence-electron chi connectivity index (χ2n) is 4.56. The van der Waals surface area contributed by atoms with Crippen molar-refractivity contribution in [1.82, 2.24) is 4.98 Å². The average molecular weight is 179 g/mol. The van der Waals surface area contributed by atoms with E-state index in [1.165, 1.54) is 0 Å². The van der Waals surface area contributed by atoms with Gasteiger partial charge in [-0.25, -0.2) is 0 Å². The average Bonchev–Trinajstić information content (AvgIpc) is 2.01. The van der Waals surface area contributed by atoms with Crippen LogP contribution in [0.25, 0.3) is 0 Å². The van der Waals surface area contributed by atoms with Crippen molar-refractivity contribution in [1.29, 1.82) is 0 Å². The lowest BCUT2D eigenvalue weighted by atomic mass is 9.85. The Morgan fingerprint density at radius 1 is 1.31 bits per heavy atom. The Bertz CT molecular complexity index is 288. The van der Waals surface area contributed by atoms with E-state index in [4.69, 9.17) is 0 Å². The molecule has 72 valence electrons. The summed E-state index contributed by atoms with van der Waals surface area (Å²) in [5.41, 5.74) is 1.85. The Kier molecular flexibility index (Phi) is 2.71. The van der Waals surface area contributed by atoms with Crippen LogP contribution in [0.2, 0.25) is 0 Å². The van der Waals surface area contributed by atoms with E-state index in [-0.39, 0.29) is 5.41 Å². The van der Waals surface area contributed by atoms with Gasteiger partial charge in [-0.3, -0.25) is 4.98 Å². The number of aliphatic hydroxyl groups is 1. The van der Waals surface area contributed by atoms with Crippen molar-refractivity contribution in [2.45, 2.75) is 33.8 Å². The van der Waals surface area contributed by atoms with Crippen molar-refractivity contribution in [2.75, 3.05) is 0 Å². The Balaban J connectivity index is 2.96. The lowest BCUT2D eigenvalue weighted by Crippen LogP contribution is -2.17. The van der Waals surface area contributed by atoms with Gasteiger partial charge in [0.15, 0.2) is 0 Å². The van der Waals surface area contributed by atoms with Crippen LogP contribution >= 0.6 is 0 Å². The highest BCUT2D eigenvalue weighted by molar-refractivity contribution is 5.20. The number of aliphatic hydroxyl groups excluding tert-OH is 1. The molecule has 0 saturated heterocycles. The van der Waals surface area contributed by atoms with Crippen LogP contribution in [0.1, 0.15) is 38.0 Å². The third kappa shape index (κ3) is 2.52. The molecule has 0 spiro atoms. The second-order valence-corrected chi connectivity index (χ2v) is 4.56. The SMILES string of the molecule is Cc1cncc(C(O)C(C)(C)C)c1. The molecule has 1 atom stereocenters. The zero-order valence-electron chi connectivity index (χ0n) is 8.70. The molecule has 1 aromatic heterocycles. The lowest BCUT2D eigenvalue weighted by molar-refractivity contribution is 0.0623. The summed E-state index contributed by atoms with van der Waals surface area (Å²) in [4.78, 5) is 4.06. The van der Waals surface area contributed by atoms with E-state index >= 15 is 0 Å². The Labute approximate surface area is 79.6 Å². The van der Waals surface area contributed by atoms with Crippen LogP contribution in [0.5, 0.6) is 0 Å². The molecule has 0 aliphatic carbocycles. The fraction of sp³-hybridized carbons (Fsp3) is 0.545. The molecule has 0 radical (unpaired) electrons. The van der Waals surface area contributed by atoms with Crippen molar-refractivity contribution in [2.24, 2.45) is 5.41 Å². The predicted octanol–water partition coefficient (Wildman–Crippen LogP) is 2.47. The summed E-state index contributed by atoms with van der Waals surface area (Å²) < 4.78 is 0. The number of pyridine rings is 1. The topological polar surface area (TPSA) is 33.1 Å². The number of aromatic nitrogens is 1. The molecule has 1 N–H and O–H groups in total. The molecule has 1 aromatic rings. The summed E-state index contributed by atoms with van der Waals surface area (Å²) in [5, 5.41) is 9.94. The zero-order valence-corrected chi connectivity index (χ0v) is 8.70. The summed E-state index contributed by atoms with van der Waals surface area (Å²) in [7, 11) is 0. The predicted molar refractivity (Wildman–Crippen MR) is 53.4 cm³/mol. The molecule has 0 saturated carbocycles. The zero-order chi connectivity index (χ0) is 10.1. The minimum absolute atomic E-state index is 0.129. The van der Waals surface area contributed by atoms with Crippen LogP contribution in [0, 0.1) is 12.3 Å². The molecule has 0 aromatic carbocycles. The van der Waals surface area contributed by atoms with Gasteiger partial charge in [-0.2, -0.15) is 0 Å². The number of hydrogen-bond acceptors (Lipinski definition) is 2. The van der Waals surface area contributed by atoms with Gasteiger partial charge in [0, 0.05) is 12.4 Å². The molecule has 0 amide bonds. The van der Waals surface area contributed by atoms with Gasteiger partial charge in [0.2, 0.25) is 0 Å². The standard InChI is InChI=1S/C11H17NO/c1-8-5-9(7-12-6-8)10(13)11(2,3)4/h5-7,10,13H,1-4H3. The fourth-order valence-corrected chi connectivity index (χ4v) is 1.23. The maximum Gasteiger partial charge on any atom is 0.0853 e. The molecule has 2 nitrogen and oxygen atoms in total. The molecule has 0 fully saturated rings. The Hall–Kier alpha value is -0.890. The minimum atomic E-state index is -0.445. The Morgan fingerprint density at radius 3 is 2.38 bits per heavy atom. The highest BCUT2D eigenvalue weighted by Gasteiger charge is 2.23. The van der Waals surface area contributed by atoms with Gasteiger partial charge in [-0.1, -0.05) is 26.8 Å². The third-order valence-electron chi connectivity index (χ3n) is 2.03. The molecule has 1 unspecified atom stereocenters. The number of nitrogens with zero attached hydrogens (tertiary/aromatic N) is 1. The van der Waals surface area contributed by atoms with Gasteiger partial charge in [-0.05, 0) is 23.5 Å². The summed E-state index contributed by atoms with van der Waals surface area (Å²) in [6, 6.07) is 1.98. The van der Waals surface area contributed by atoms with E-state index in [1.54, 1.807) is 12.4 Å². The maximum absolute atomic E-state index is 9.94. The normalized spacial score (nSPS) is 14.2. The first-order valence-electron chi connectivity index (χ1n) is 4.51. The first-order valence-corrected chi connectivity index (χ1v) is 4.51. The number of aryl methyl sites for hydroxylation is 1. The lowest BCUT2D eigenvalue weighted by Gasteiger charge is -2.25. The molecule has 2 heteroatoms. The first kappa shape index (κ1) is 10.2. The molecule has 1 rings (SSSR count). The maximum atomic E-state index is 9.94. The quantitative estimate of drug-likeness (QED) is 0.718. The molecular formula is C11H17NO. The second kappa shape index (κ2) is 3.46. The van der Waals surface area contributed by atoms with Crippen LogP contribution in [-0.2, 0) is 0 Å². The number of rotatable bonds is 1. The minimum Gasteiger partial charge on any atom is -0.388 e. The highest BCUT2D eigenvalue weighted by Crippen LogP contribution is 2.32. The van der Waals surface area contributed by atoms with E-state index in [2.05, 4.69) is 4.98 Å². The Morgan fingerprint density at radius 2 is 1.92 bits per heavy atom. The molecule has 0 bridgehead atoms. The largest absolute Gasteiger partial charge is 0.388 e. The molecule has 13 heavy (non-hydrogen) atoms. The molecule has 1 heterocycles. The van der Waals surface area contributed by atoms with E-state index in [9.17, 15) is 5.11 Å². The van der Waals surface area contributed by atoms with Crippen molar-refractivity contribution >= 4 is 0 Å². The van der Waals surface area contributed by atoms with Gasteiger partial charge in [0.25, 0.3) is 0 Å². The van der Waals surface area contributed by atoms with Gasteiger partial charge >= 0.3 is 0 Å². The van der Waals surface area contributed by atoms with Crippen molar-refractivity contribution in [3.8, 4) is 0 Å². The highest BCUT2D eigenvalue weighted by atomic mass is 16.3. The number of hydrogen-bond donors (Lipinski definition) is 1. The fourth-order valence-electron chi connectivity index (χ4n) is 1.23. The van der Waals surface area contributed by atoms with Crippen LogP contribution in [0.15, 0.2) is 18.5 Å². The van der Waals surface area contributed by atoms with Gasteiger partial charge in [0.05, 0.1) is 6.10 Å². The van der Waals surface area contributed by atoms with Crippen molar-refractivity contribution in [3.05, 3.63) is 29.6 Å². The summed E-state index contributed by atoms with van der Waals surface area (Å²) in [6.45, 7) is 8.02. The molecule has 0 aliphatic heterocycles. The molecular weight excluding hydrogens is 162 g/mol. The first-order chi connectivity index (χ1) is 5.91. The van der Waals surface area contributed by atoms with E-state index < -0.39 is 6.10 Å². The summed E-state index contributed by atoms with van der Waals surface area (Å²) in [5.74, 6) is 0.